The summed E-state index contributed by atoms with van der Waals surface area (Å²) in [5.41, 5.74) is 7.14. The Morgan fingerprint density at radius 1 is 1.15 bits per heavy atom. The van der Waals surface area contributed by atoms with E-state index in [0.29, 0.717) is 31.3 Å². The van der Waals surface area contributed by atoms with Crippen LogP contribution in [0.4, 0.5) is 5.69 Å². The third-order valence-corrected chi connectivity index (χ3v) is 5.57. The van der Waals surface area contributed by atoms with Crippen LogP contribution in [0.1, 0.15) is 12.8 Å². The van der Waals surface area contributed by atoms with Crippen LogP contribution >= 0.6 is 11.6 Å². The number of hydrogen-bond donors (Lipinski definition) is 2. The number of rotatable bonds is 5. The highest BCUT2D eigenvalue weighted by molar-refractivity contribution is 6.30. The molecular weight excluding hydrogens is 368 g/mol. The van der Waals surface area contributed by atoms with Crippen molar-refractivity contribution >= 4 is 29.1 Å². The number of nitrogens with zero attached hydrogens (tertiary/aromatic N) is 2. The van der Waals surface area contributed by atoms with Crippen LogP contribution in [-0.2, 0) is 14.3 Å². The number of benzene rings is 1. The molecule has 0 spiro atoms. The molecule has 0 saturated carbocycles. The molecule has 2 amide bonds. The summed E-state index contributed by atoms with van der Waals surface area (Å²) in [4.78, 5) is 28.6. The molecule has 1 aromatic carbocycles. The van der Waals surface area contributed by atoms with Crippen LogP contribution in [0.25, 0.3) is 0 Å². The Bertz CT molecular complexity index is 641. The normalized spacial score (nSPS) is 19.6. The van der Waals surface area contributed by atoms with Crippen molar-refractivity contribution in [1.29, 1.82) is 0 Å². The summed E-state index contributed by atoms with van der Waals surface area (Å²) in [6.07, 6.45) is 1.57. The van der Waals surface area contributed by atoms with E-state index in [1.165, 1.54) is 0 Å². The quantitative estimate of drug-likeness (QED) is 0.773. The molecule has 148 valence electrons. The Hall–Kier alpha value is -1.83. The fourth-order valence-corrected chi connectivity index (χ4v) is 3.67. The lowest BCUT2D eigenvalue weighted by Crippen LogP contribution is -2.53. The molecule has 7 nitrogen and oxygen atoms in total. The molecule has 0 radical (unpaired) electrons. The highest BCUT2D eigenvalue weighted by Crippen LogP contribution is 2.20. The number of halogens is 1. The molecule has 0 aliphatic carbocycles. The lowest BCUT2D eigenvalue weighted by molar-refractivity contribution is -0.133. The third kappa shape index (κ3) is 5.34. The van der Waals surface area contributed by atoms with Gasteiger partial charge in [-0.05, 0) is 43.0 Å². The largest absolute Gasteiger partial charge is 0.381 e. The topological polar surface area (TPSA) is 87.9 Å². The number of carbonyl (C=O) groups excluding carboxylic acids is 2. The van der Waals surface area contributed by atoms with Crippen molar-refractivity contribution in [3.8, 4) is 0 Å². The second-order valence-corrected chi connectivity index (χ2v) is 7.47. The SMILES string of the molecule is NC(C(=O)NCC(=O)N1CCN(c2ccc(Cl)cc2)CC1)C1CCOCC1. The van der Waals surface area contributed by atoms with E-state index in [0.717, 1.165) is 31.6 Å². The maximum Gasteiger partial charge on any atom is 0.242 e. The van der Waals surface area contributed by atoms with Gasteiger partial charge in [-0.15, -0.1) is 0 Å². The second kappa shape index (κ2) is 9.39. The molecule has 2 fully saturated rings. The summed E-state index contributed by atoms with van der Waals surface area (Å²) < 4.78 is 5.30. The number of nitrogens with two attached hydrogens (primary N) is 1. The minimum atomic E-state index is -0.580. The van der Waals surface area contributed by atoms with E-state index in [1.807, 2.05) is 24.3 Å². The van der Waals surface area contributed by atoms with Crippen molar-refractivity contribution in [3.05, 3.63) is 29.3 Å². The first kappa shape index (κ1) is 19.9. The van der Waals surface area contributed by atoms with Gasteiger partial charge in [0.05, 0.1) is 12.6 Å². The van der Waals surface area contributed by atoms with E-state index in [1.54, 1.807) is 4.90 Å². The van der Waals surface area contributed by atoms with Crippen molar-refractivity contribution in [2.45, 2.75) is 18.9 Å². The number of hydrogen-bond acceptors (Lipinski definition) is 5. The van der Waals surface area contributed by atoms with Crippen LogP contribution in [0.3, 0.4) is 0 Å². The summed E-state index contributed by atoms with van der Waals surface area (Å²) in [5.74, 6) is -0.204. The standard InChI is InChI=1S/C19H27ClN4O3/c20-15-1-3-16(4-2-15)23-7-9-24(10-8-23)17(25)13-22-19(26)18(21)14-5-11-27-12-6-14/h1-4,14,18H,5-13,21H2,(H,22,26). The molecule has 1 aromatic rings. The van der Waals surface area contributed by atoms with Crippen molar-refractivity contribution in [2.24, 2.45) is 11.7 Å². The van der Waals surface area contributed by atoms with Gasteiger partial charge >= 0.3 is 0 Å². The van der Waals surface area contributed by atoms with Crippen LogP contribution in [0.5, 0.6) is 0 Å². The number of ether oxygens (including phenoxy) is 1. The monoisotopic (exact) mass is 394 g/mol. The number of nitrogens with one attached hydrogen (secondary N) is 1. The Kier molecular flexibility index (Phi) is 6.93. The molecule has 8 heteroatoms. The van der Waals surface area contributed by atoms with Crippen LogP contribution in [0, 0.1) is 5.92 Å². The van der Waals surface area contributed by atoms with Crippen molar-refractivity contribution in [3.63, 3.8) is 0 Å². The first-order valence-corrected chi connectivity index (χ1v) is 9.81. The van der Waals surface area contributed by atoms with Gasteiger partial charge in [-0.3, -0.25) is 9.59 Å². The van der Waals surface area contributed by atoms with Gasteiger partial charge in [0.2, 0.25) is 11.8 Å². The molecule has 1 atom stereocenters. The van der Waals surface area contributed by atoms with Gasteiger partial charge in [0, 0.05) is 50.1 Å². The van der Waals surface area contributed by atoms with Crippen LogP contribution in [0.15, 0.2) is 24.3 Å². The number of amides is 2. The summed E-state index contributed by atoms with van der Waals surface area (Å²) in [7, 11) is 0. The molecule has 27 heavy (non-hydrogen) atoms. The Labute approximate surface area is 164 Å². The third-order valence-electron chi connectivity index (χ3n) is 5.31. The summed E-state index contributed by atoms with van der Waals surface area (Å²) in [6.45, 7) is 4.04. The average molecular weight is 395 g/mol. The number of carbonyl (C=O) groups is 2. The Morgan fingerprint density at radius 2 is 1.78 bits per heavy atom. The molecule has 0 aromatic heterocycles. The maximum absolute atomic E-state index is 12.4. The first-order chi connectivity index (χ1) is 13.0. The van der Waals surface area contributed by atoms with Gasteiger partial charge in [-0.1, -0.05) is 11.6 Å². The van der Waals surface area contributed by atoms with Crippen LogP contribution in [-0.4, -0.2) is 68.7 Å². The molecule has 1 unspecified atom stereocenters. The molecule has 3 rings (SSSR count). The van der Waals surface area contributed by atoms with Gasteiger partial charge in [0.25, 0.3) is 0 Å². The van der Waals surface area contributed by atoms with E-state index in [2.05, 4.69) is 10.2 Å². The highest BCUT2D eigenvalue weighted by Gasteiger charge is 2.27. The highest BCUT2D eigenvalue weighted by atomic mass is 35.5. The minimum Gasteiger partial charge on any atom is -0.381 e. The van der Waals surface area contributed by atoms with E-state index in [4.69, 9.17) is 22.1 Å². The maximum atomic E-state index is 12.4. The smallest absolute Gasteiger partial charge is 0.242 e. The molecule has 0 bridgehead atoms. The minimum absolute atomic E-state index is 0.00328. The van der Waals surface area contributed by atoms with E-state index in [9.17, 15) is 9.59 Å². The van der Waals surface area contributed by atoms with Crippen molar-refractivity contribution < 1.29 is 14.3 Å². The van der Waals surface area contributed by atoms with Crippen molar-refractivity contribution in [2.75, 3.05) is 50.8 Å². The van der Waals surface area contributed by atoms with Gasteiger partial charge in [-0.2, -0.15) is 0 Å². The van der Waals surface area contributed by atoms with Gasteiger partial charge in [0.15, 0.2) is 0 Å². The zero-order valence-electron chi connectivity index (χ0n) is 15.4. The molecular formula is C19H27ClN4O3. The van der Waals surface area contributed by atoms with Gasteiger partial charge in [0.1, 0.15) is 0 Å². The fraction of sp³-hybridized carbons (Fsp3) is 0.579. The van der Waals surface area contributed by atoms with Crippen LogP contribution in [0.2, 0.25) is 5.02 Å². The fourth-order valence-electron chi connectivity index (χ4n) is 3.55. The molecule has 2 aliphatic heterocycles. The summed E-state index contributed by atoms with van der Waals surface area (Å²) in [5, 5.41) is 3.41. The van der Waals surface area contributed by atoms with E-state index < -0.39 is 6.04 Å². The lowest BCUT2D eigenvalue weighted by Gasteiger charge is -2.36. The summed E-state index contributed by atoms with van der Waals surface area (Å²) in [6, 6.07) is 7.12. The average Bonchev–Trinajstić information content (AvgIpc) is 2.72. The van der Waals surface area contributed by atoms with Gasteiger partial charge < -0.3 is 25.6 Å². The second-order valence-electron chi connectivity index (χ2n) is 7.04. The Balaban J connectivity index is 1.41. The van der Waals surface area contributed by atoms with Crippen LogP contribution < -0.4 is 16.0 Å². The number of piperazine rings is 1. The molecule has 2 aliphatic rings. The molecule has 2 heterocycles. The lowest BCUT2D eigenvalue weighted by atomic mass is 9.92. The van der Waals surface area contributed by atoms with Gasteiger partial charge in [-0.25, -0.2) is 0 Å². The predicted molar refractivity (Wildman–Crippen MR) is 105 cm³/mol. The summed E-state index contributed by atoms with van der Waals surface area (Å²) >= 11 is 5.93. The van der Waals surface area contributed by atoms with E-state index >= 15 is 0 Å². The zero-order valence-corrected chi connectivity index (χ0v) is 16.2. The first-order valence-electron chi connectivity index (χ1n) is 9.44. The zero-order chi connectivity index (χ0) is 19.2. The Morgan fingerprint density at radius 3 is 2.41 bits per heavy atom. The van der Waals surface area contributed by atoms with E-state index in [-0.39, 0.29) is 24.3 Å². The molecule has 3 N–H and O–H groups in total. The molecule has 2 saturated heterocycles. The van der Waals surface area contributed by atoms with Crippen molar-refractivity contribution in [1.82, 2.24) is 10.2 Å². The predicted octanol–water partition coefficient (Wildman–Crippen LogP) is 0.859. The number of anilines is 1.